The summed E-state index contributed by atoms with van der Waals surface area (Å²) in [5.41, 5.74) is 0. The predicted molar refractivity (Wildman–Crippen MR) is 69.4 cm³/mol. The molecule has 0 bridgehead atoms. The third kappa shape index (κ3) is 3.77. The lowest BCUT2D eigenvalue weighted by Crippen LogP contribution is -2.32. The summed E-state index contributed by atoms with van der Waals surface area (Å²) in [6, 6.07) is 2.99. The zero-order chi connectivity index (χ0) is 13.8. The minimum atomic E-state index is -3.51. The highest BCUT2D eigenvalue weighted by molar-refractivity contribution is 7.91. The van der Waals surface area contributed by atoms with Crippen molar-refractivity contribution >= 4 is 27.3 Å². The highest BCUT2D eigenvalue weighted by Gasteiger charge is 2.22. The van der Waals surface area contributed by atoms with Gasteiger partial charge in [-0.3, -0.25) is 4.79 Å². The fourth-order valence-electron chi connectivity index (χ4n) is 1.28. The van der Waals surface area contributed by atoms with Crippen molar-refractivity contribution in [3.63, 3.8) is 0 Å². The summed E-state index contributed by atoms with van der Waals surface area (Å²) in [4.78, 5) is 11.1. The van der Waals surface area contributed by atoms with E-state index in [0.29, 0.717) is 18.0 Å². The van der Waals surface area contributed by atoms with Gasteiger partial charge in [-0.25, -0.2) is 8.42 Å². The highest BCUT2D eigenvalue weighted by atomic mass is 32.2. The minimum Gasteiger partial charge on any atom is -0.481 e. The Morgan fingerprint density at radius 3 is 2.72 bits per heavy atom. The summed E-state index contributed by atoms with van der Waals surface area (Å²) in [6.45, 7) is 0.925. The first-order valence-corrected chi connectivity index (χ1v) is 7.55. The molecule has 0 aliphatic heterocycles. The maximum absolute atomic E-state index is 12.1. The number of rotatable bonds is 7. The first kappa shape index (κ1) is 15.1. The monoisotopic (exact) mass is 292 g/mol. The summed E-state index contributed by atoms with van der Waals surface area (Å²) in [5.74, 6) is -0.968. The zero-order valence-electron chi connectivity index (χ0n) is 10.2. The Bertz CT molecular complexity index is 510. The average molecular weight is 292 g/mol. The molecule has 0 amide bonds. The van der Waals surface area contributed by atoms with Gasteiger partial charge in [0.1, 0.15) is 4.21 Å². The quantitative estimate of drug-likeness (QED) is 0.750. The Morgan fingerprint density at radius 1 is 1.50 bits per heavy atom. The van der Waals surface area contributed by atoms with Crippen LogP contribution in [0.25, 0.3) is 0 Å². The Labute approximate surface area is 110 Å². The molecule has 1 aromatic rings. The predicted octanol–water partition coefficient (Wildman–Crippen LogP) is 0.215. The first-order valence-electron chi connectivity index (χ1n) is 5.29. The van der Waals surface area contributed by atoms with Crippen molar-refractivity contribution in [3.05, 3.63) is 17.0 Å². The lowest BCUT2D eigenvalue weighted by atomic mass is 10.3. The van der Waals surface area contributed by atoms with E-state index in [-0.39, 0.29) is 10.6 Å². The van der Waals surface area contributed by atoms with Gasteiger partial charge in [0.05, 0.1) is 6.42 Å². The largest absolute Gasteiger partial charge is 0.481 e. The molecule has 1 rings (SSSR count). The van der Waals surface area contributed by atoms with Crippen LogP contribution < -0.4 is 5.32 Å². The van der Waals surface area contributed by atoms with Gasteiger partial charge in [0, 0.05) is 25.0 Å². The lowest BCUT2D eigenvalue weighted by molar-refractivity contribution is -0.136. The van der Waals surface area contributed by atoms with E-state index in [1.165, 1.54) is 23.5 Å². The number of nitrogens with zero attached hydrogens (tertiary/aromatic N) is 1. The van der Waals surface area contributed by atoms with E-state index >= 15 is 0 Å². The van der Waals surface area contributed by atoms with E-state index < -0.39 is 16.0 Å². The fraction of sp³-hybridized carbons (Fsp3) is 0.500. The number of carboxylic acid groups (broad SMARTS) is 1. The van der Waals surface area contributed by atoms with E-state index in [1.807, 2.05) is 0 Å². The standard InChI is InChI=1S/C10H16N2O4S2/c1-11-5-6-12(2)18(15,16)10-4-3-8(17-10)7-9(13)14/h3-4,11H,5-7H2,1-2H3,(H,13,14). The third-order valence-electron chi connectivity index (χ3n) is 2.30. The zero-order valence-corrected chi connectivity index (χ0v) is 11.8. The molecule has 102 valence electrons. The van der Waals surface area contributed by atoms with Crippen LogP contribution >= 0.6 is 11.3 Å². The topological polar surface area (TPSA) is 86.7 Å². The van der Waals surface area contributed by atoms with Crippen molar-refractivity contribution in [1.29, 1.82) is 0 Å². The summed E-state index contributed by atoms with van der Waals surface area (Å²) < 4.78 is 25.6. The fourth-order valence-corrected chi connectivity index (χ4v) is 4.01. The SMILES string of the molecule is CNCCN(C)S(=O)(=O)c1ccc(CC(=O)O)s1. The van der Waals surface area contributed by atoms with Gasteiger partial charge >= 0.3 is 5.97 Å². The Kier molecular flexibility index (Phi) is 5.27. The van der Waals surface area contributed by atoms with Crippen LogP contribution in [0.3, 0.4) is 0 Å². The Morgan fingerprint density at radius 2 is 2.17 bits per heavy atom. The second-order valence-electron chi connectivity index (χ2n) is 3.72. The molecule has 1 heterocycles. The van der Waals surface area contributed by atoms with E-state index in [2.05, 4.69) is 5.32 Å². The molecule has 0 atom stereocenters. The van der Waals surface area contributed by atoms with Crippen LogP contribution in [-0.4, -0.2) is 51.0 Å². The van der Waals surface area contributed by atoms with E-state index in [9.17, 15) is 13.2 Å². The van der Waals surface area contributed by atoms with Gasteiger partial charge < -0.3 is 10.4 Å². The number of aliphatic carboxylic acids is 1. The molecule has 0 saturated heterocycles. The highest BCUT2D eigenvalue weighted by Crippen LogP contribution is 2.24. The molecule has 0 aliphatic rings. The molecule has 0 aliphatic carbocycles. The molecule has 18 heavy (non-hydrogen) atoms. The molecule has 0 fully saturated rings. The molecule has 0 saturated carbocycles. The molecule has 6 nitrogen and oxygen atoms in total. The van der Waals surface area contributed by atoms with E-state index in [1.54, 1.807) is 7.05 Å². The van der Waals surface area contributed by atoms with Crippen LogP contribution in [0.15, 0.2) is 16.3 Å². The van der Waals surface area contributed by atoms with Gasteiger partial charge in [0.15, 0.2) is 0 Å². The molecule has 0 spiro atoms. The first-order chi connectivity index (χ1) is 8.37. The van der Waals surface area contributed by atoms with Gasteiger partial charge in [-0.15, -0.1) is 11.3 Å². The van der Waals surface area contributed by atoms with Crippen LogP contribution in [0.2, 0.25) is 0 Å². The lowest BCUT2D eigenvalue weighted by Gasteiger charge is -2.15. The molecule has 2 N–H and O–H groups in total. The molecule has 0 aromatic carbocycles. The van der Waals surface area contributed by atoms with E-state index in [4.69, 9.17) is 5.11 Å². The van der Waals surface area contributed by atoms with Crippen molar-refractivity contribution in [1.82, 2.24) is 9.62 Å². The average Bonchev–Trinajstić information content (AvgIpc) is 2.73. The van der Waals surface area contributed by atoms with Crippen LogP contribution in [0.4, 0.5) is 0 Å². The van der Waals surface area contributed by atoms with Crippen molar-refractivity contribution in [2.24, 2.45) is 0 Å². The molecule has 0 radical (unpaired) electrons. The van der Waals surface area contributed by atoms with Crippen LogP contribution in [0, 0.1) is 0 Å². The second-order valence-corrected chi connectivity index (χ2v) is 7.16. The number of sulfonamides is 1. The molecular weight excluding hydrogens is 276 g/mol. The van der Waals surface area contributed by atoms with Gasteiger partial charge in [-0.05, 0) is 19.2 Å². The Balaban J connectivity index is 2.84. The smallest absolute Gasteiger partial charge is 0.308 e. The molecular formula is C10H16N2O4S2. The molecule has 1 aromatic heterocycles. The number of hydrogen-bond donors (Lipinski definition) is 2. The summed E-state index contributed by atoms with van der Waals surface area (Å²) >= 11 is 0.999. The number of likely N-dealkylation sites (N-methyl/N-ethyl adjacent to an activating group) is 2. The van der Waals surface area contributed by atoms with Crippen molar-refractivity contribution in [2.75, 3.05) is 27.2 Å². The van der Waals surface area contributed by atoms with Crippen molar-refractivity contribution in [3.8, 4) is 0 Å². The normalized spacial score (nSPS) is 11.9. The van der Waals surface area contributed by atoms with Gasteiger partial charge in [-0.1, -0.05) is 0 Å². The summed E-state index contributed by atoms with van der Waals surface area (Å²) in [6.07, 6.45) is -0.152. The second kappa shape index (κ2) is 6.28. The summed E-state index contributed by atoms with van der Waals surface area (Å²) in [7, 11) is -0.257. The number of carboxylic acids is 1. The van der Waals surface area contributed by atoms with E-state index in [0.717, 1.165) is 11.3 Å². The maximum atomic E-state index is 12.1. The van der Waals surface area contributed by atoms with Gasteiger partial charge in [-0.2, -0.15) is 4.31 Å². The van der Waals surface area contributed by atoms with Crippen molar-refractivity contribution < 1.29 is 18.3 Å². The number of hydrogen-bond acceptors (Lipinski definition) is 5. The molecule has 0 unspecified atom stereocenters. The number of carbonyl (C=O) groups is 1. The maximum Gasteiger partial charge on any atom is 0.308 e. The molecule has 8 heteroatoms. The van der Waals surface area contributed by atoms with Crippen LogP contribution in [-0.2, 0) is 21.2 Å². The number of nitrogens with one attached hydrogen (secondary N) is 1. The van der Waals surface area contributed by atoms with Crippen LogP contribution in [0.5, 0.6) is 0 Å². The van der Waals surface area contributed by atoms with Gasteiger partial charge in [0.2, 0.25) is 0 Å². The number of thiophene rings is 1. The summed E-state index contributed by atoms with van der Waals surface area (Å²) in [5, 5.41) is 11.5. The minimum absolute atomic E-state index is 0.152. The Hall–Kier alpha value is -0.960. The van der Waals surface area contributed by atoms with Crippen molar-refractivity contribution in [2.45, 2.75) is 10.6 Å². The van der Waals surface area contributed by atoms with Gasteiger partial charge in [0.25, 0.3) is 10.0 Å². The van der Waals surface area contributed by atoms with Crippen LogP contribution in [0.1, 0.15) is 4.88 Å². The third-order valence-corrected chi connectivity index (χ3v) is 5.71.